The van der Waals surface area contributed by atoms with Crippen molar-refractivity contribution in [2.75, 3.05) is 26.4 Å². The number of carbonyl (C=O) groups is 2. The topological polar surface area (TPSA) is 89.0 Å². The number of carboxylic acid groups (broad SMARTS) is 1. The van der Waals surface area contributed by atoms with Gasteiger partial charge in [-0.25, -0.2) is 4.79 Å². The van der Waals surface area contributed by atoms with Gasteiger partial charge in [-0.15, -0.1) is 0 Å². The summed E-state index contributed by atoms with van der Waals surface area (Å²) in [4.78, 5) is 29.0. The summed E-state index contributed by atoms with van der Waals surface area (Å²) in [5.74, 6) is -1.09. The molecule has 2 aromatic rings. The van der Waals surface area contributed by atoms with E-state index in [2.05, 4.69) is 4.98 Å². The first-order valence-electron chi connectivity index (χ1n) is 7.34. The standard InChI is InChI=1S/C16H15ClN2O5/c17-11-3-4-13(15-10(11)2-1-5-18-15)24-9-14(20)19-6-7-23-8-12(19)16(21)22/h1-5,12H,6-9H2,(H,21,22). The van der Waals surface area contributed by atoms with Crippen molar-refractivity contribution in [2.24, 2.45) is 0 Å². The van der Waals surface area contributed by atoms with E-state index in [-0.39, 0.29) is 19.8 Å². The molecule has 0 bridgehead atoms. The van der Waals surface area contributed by atoms with Gasteiger partial charge < -0.3 is 19.5 Å². The zero-order valence-corrected chi connectivity index (χ0v) is 13.4. The van der Waals surface area contributed by atoms with Crippen molar-refractivity contribution in [3.8, 4) is 5.75 Å². The molecule has 0 spiro atoms. The number of carboxylic acids is 1. The van der Waals surface area contributed by atoms with E-state index in [4.69, 9.17) is 21.1 Å². The van der Waals surface area contributed by atoms with Gasteiger partial charge >= 0.3 is 5.97 Å². The molecule has 1 unspecified atom stereocenters. The highest BCUT2D eigenvalue weighted by Gasteiger charge is 2.32. The van der Waals surface area contributed by atoms with Crippen molar-refractivity contribution in [1.82, 2.24) is 9.88 Å². The number of halogens is 1. The summed E-state index contributed by atoms with van der Waals surface area (Å²) in [6.45, 7) is 0.226. The summed E-state index contributed by atoms with van der Waals surface area (Å²) in [6.07, 6.45) is 1.61. The van der Waals surface area contributed by atoms with Crippen LogP contribution in [0.4, 0.5) is 0 Å². The number of benzene rings is 1. The van der Waals surface area contributed by atoms with Crippen LogP contribution >= 0.6 is 11.6 Å². The zero-order chi connectivity index (χ0) is 17.1. The molecular weight excluding hydrogens is 336 g/mol. The summed E-state index contributed by atoms with van der Waals surface area (Å²) in [5.41, 5.74) is 0.551. The molecule has 0 saturated carbocycles. The van der Waals surface area contributed by atoms with E-state index in [1.807, 2.05) is 6.07 Å². The summed E-state index contributed by atoms with van der Waals surface area (Å²) in [6, 6.07) is 5.88. The van der Waals surface area contributed by atoms with Crippen LogP contribution in [0.2, 0.25) is 5.02 Å². The van der Waals surface area contributed by atoms with Crippen LogP contribution in [0.3, 0.4) is 0 Å². The fraction of sp³-hybridized carbons (Fsp3) is 0.312. The predicted octanol–water partition coefficient (Wildman–Crippen LogP) is 1.58. The molecule has 3 rings (SSSR count). The lowest BCUT2D eigenvalue weighted by Gasteiger charge is -2.32. The molecule has 1 aliphatic heterocycles. The van der Waals surface area contributed by atoms with E-state index in [9.17, 15) is 14.7 Å². The summed E-state index contributed by atoms with van der Waals surface area (Å²) in [7, 11) is 0. The Kier molecular flexibility index (Phi) is 4.82. The molecule has 0 radical (unpaired) electrons. The van der Waals surface area contributed by atoms with Gasteiger partial charge in [0.25, 0.3) is 5.91 Å². The maximum absolute atomic E-state index is 12.3. The number of hydrogen-bond acceptors (Lipinski definition) is 5. The molecule has 126 valence electrons. The van der Waals surface area contributed by atoms with Crippen LogP contribution in [0.25, 0.3) is 10.9 Å². The monoisotopic (exact) mass is 350 g/mol. The fourth-order valence-corrected chi connectivity index (χ4v) is 2.77. The molecule has 0 aliphatic carbocycles. The predicted molar refractivity (Wildman–Crippen MR) is 86.2 cm³/mol. The Bertz CT molecular complexity index is 782. The fourth-order valence-electron chi connectivity index (χ4n) is 2.56. The average Bonchev–Trinajstić information content (AvgIpc) is 2.61. The lowest BCUT2D eigenvalue weighted by atomic mass is 10.2. The maximum Gasteiger partial charge on any atom is 0.328 e. The smallest absolute Gasteiger partial charge is 0.328 e. The van der Waals surface area contributed by atoms with Gasteiger partial charge in [-0.05, 0) is 24.3 Å². The van der Waals surface area contributed by atoms with Crippen molar-refractivity contribution in [3.63, 3.8) is 0 Å². The second-order valence-corrected chi connectivity index (χ2v) is 5.66. The Morgan fingerprint density at radius 3 is 3.04 bits per heavy atom. The van der Waals surface area contributed by atoms with Crippen molar-refractivity contribution in [1.29, 1.82) is 0 Å². The van der Waals surface area contributed by atoms with Gasteiger partial charge in [0, 0.05) is 18.1 Å². The molecule has 24 heavy (non-hydrogen) atoms. The molecule has 1 amide bonds. The molecule has 1 aromatic carbocycles. The second-order valence-electron chi connectivity index (χ2n) is 5.25. The first-order valence-corrected chi connectivity index (χ1v) is 7.72. The quantitative estimate of drug-likeness (QED) is 0.900. The molecule has 1 aliphatic rings. The van der Waals surface area contributed by atoms with Crippen LogP contribution in [0.15, 0.2) is 30.5 Å². The number of carbonyl (C=O) groups excluding carboxylic acids is 1. The van der Waals surface area contributed by atoms with E-state index in [0.717, 1.165) is 5.39 Å². The lowest BCUT2D eigenvalue weighted by Crippen LogP contribution is -2.53. The number of pyridine rings is 1. The molecular formula is C16H15ClN2O5. The van der Waals surface area contributed by atoms with E-state index in [0.29, 0.717) is 22.9 Å². The molecule has 1 fully saturated rings. The van der Waals surface area contributed by atoms with Gasteiger partial charge in [-0.1, -0.05) is 11.6 Å². The number of fused-ring (bicyclic) bond motifs is 1. The second kappa shape index (κ2) is 7.02. The number of rotatable bonds is 4. The summed E-state index contributed by atoms with van der Waals surface area (Å²) in [5, 5.41) is 10.4. The minimum Gasteiger partial charge on any atom is -0.481 e. The van der Waals surface area contributed by atoms with E-state index in [1.54, 1.807) is 24.4 Å². The van der Waals surface area contributed by atoms with Crippen molar-refractivity contribution < 1.29 is 24.2 Å². The van der Waals surface area contributed by atoms with Crippen LogP contribution in [-0.2, 0) is 14.3 Å². The molecule has 7 nitrogen and oxygen atoms in total. The van der Waals surface area contributed by atoms with E-state index >= 15 is 0 Å². The highest BCUT2D eigenvalue weighted by molar-refractivity contribution is 6.35. The Morgan fingerprint density at radius 1 is 1.42 bits per heavy atom. The van der Waals surface area contributed by atoms with Crippen LogP contribution in [0, 0.1) is 0 Å². The zero-order valence-electron chi connectivity index (χ0n) is 12.6. The third kappa shape index (κ3) is 3.27. The largest absolute Gasteiger partial charge is 0.481 e. The van der Waals surface area contributed by atoms with Crippen LogP contribution in [0.5, 0.6) is 5.75 Å². The Balaban J connectivity index is 1.75. The number of ether oxygens (including phenoxy) is 2. The normalized spacial score (nSPS) is 17.7. The van der Waals surface area contributed by atoms with Crippen LogP contribution < -0.4 is 4.74 Å². The first-order chi connectivity index (χ1) is 11.6. The molecule has 1 saturated heterocycles. The third-order valence-electron chi connectivity index (χ3n) is 3.76. The molecule has 1 aromatic heterocycles. The number of hydrogen-bond donors (Lipinski definition) is 1. The first kappa shape index (κ1) is 16.5. The minimum absolute atomic E-state index is 0.0213. The molecule has 1 atom stereocenters. The van der Waals surface area contributed by atoms with Gasteiger partial charge in [0.05, 0.1) is 18.2 Å². The highest BCUT2D eigenvalue weighted by atomic mass is 35.5. The highest BCUT2D eigenvalue weighted by Crippen LogP contribution is 2.29. The Hall–Kier alpha value is -2.38. The molecule has 8 heteroatoms. The van der Waals surface area contributed by atoms with Crippen molar-refractivity contribution in [2.45, 2.75) is 6.04 Å². The number of aliphatic carboxylic acids is 1. The molecule has 1 N–H and O–H groups in total. The van der Waals surface area contributed by atoms with Crippen molar-refractivity contribution in [3.05, 3.63) is 35.5 Å². The summed E-state index contributed by atoms with van der Waals surface area (Å²) >= 11 is 6.12. The number of morpholine rings is 1. The number of aromatic nitrogens is 1. The van der Waals surface area contributed by atoms with Gasteiger partial charge in [-0.3, -0.25) is 9.78 Å². The van der Waals surface area contributed by atoms with Gasteiger partial charge in [0.15, 0.2) is 12.6 Å². The van der Waals surface area contributed by atoms with Gasteiger partial charge in [0.1, 0.15) is 11.3 Å². The molecule has 2 heterocycles. The third-order valence-corrected chi connectivity index (χ3v) is 4.09. The van der Waals surface area contributed by atoms with E-state index in [1.165, 1.54) is 4.90 Å². The summed E-state index contributed by atoms with van der Waals surface area (Å²) < 4.78 is 10.7. The van der Waals surface area contributed by atoms with Crippen LogP contribution in [0.1, 0.15) is 0 Å². The number of nitrogens with zero attached hydrogens (tertiary/aromatic N) is 2. The van der Waals surface area contributed by atoms with E-state index < -0.39 is 17.9 Å². The average molecular weight is 351 g/mol. The SMILES string of the molecule is O=C(O)C1COCCN1C(=O)COc1ccc(Cl)c2cccnc12. The lowest BCUT2D eigenvalue weighted by molar-refractivity contribution is -0.159. The van der Waals surface area contributed by atoms with Gasteiger partial charge in [-0.2, -0.15) is 0 Å². The van der Waals surface area contributed by atoms with Gasteiger partial charge in [0.2, 0.25) is 0 Å². The number of amides is 1. The maximum atomic E-state index is 12.3. The van der Waals surface area contributed by atoms with Crippen molar-refractivity contribution >= 4 is 34.4 Å². The Labute approximate surface area is 142 Å². The van der Waals surface area contributed by atoms with Crippen LogP contribution in [-0.4, -0.2) is 59.3 Å². The Morgan fingerprint density at radius 2 is 2.25 bits per heavy atom. The minimum atomic E-state index is -1.10.